The standard InChI is InChI=1S/C26H33N3O9S2/c1-17-24(20-16-39-25(29-20)18-3-4-19(26(32)33)21(30)13-18)40-23(28-17)14-27-22(31)15-38-12-11-37-10-9-36-8-7-35-6-5-34-2/h3-4,13,16,30H,5-12,14-15H2,1-2H3,(H,27,31)(H,32,33). The monoisotopic (exact) mass is 595 g/mol. The van der Waals surface area contributed by atoms with Crippen molar-refractivity contribution in [2.24, 2.45) is 0 Å². The fourth-order valence-electron chi connectivity index (χ4n) is 3.31. The number of aromatic carboxylic acids is 1. The van der Waals surface area contributed by atoms with E-state index >= 15 is 0 Å². The van der Waals surface area contributed by atoms with Crippen molar-refractivity contribution in [3.8, 4) is 26.9 Å². The second-order valence-electron chi connectivity index (χ2n) is 8.26. The van der Waals surface area contributed by atoms with E-state index < -0.39 is 5.97 Å². The van der Waals surface area contributed by atoms with Gasteiger partial charge in [-0.25, -0.2) is 14.8 Å². The van der Waals surface area contributed by atoms with Crippen molar-refractivity contribution in [3.63, 3.8) is 0 Å². The SMILES string of the molecule is COCCOCCOCCOCCOCC(=O)NCc1nc(C)c(-c2csc(-c3ccc(C(=O)O)c(O)c3)n2)s1. The zero-order valence-electron chi connectivity index (χ0n) is 22.3. The molecule has 0 aliphatic carbocycles. The van der Waals surface area contributed by atoms with Crippen LogP contribution in [0.2, 0.25) is 0 Å². The van der Waals surface area contributed by atoms with E-state index in [1.807, 2.05) is 12.3 Å². The average Bonchev–Trinajstić information content (AvgIpc) is 3.56. The second kappa shape index (κ2) is 17.0. The number of nitrogens with zero attached hydrogens (tertiary/aromatic N) is 2. The van der Waals surface area contributed by atoms with Crippen LogP contribution in [0.25, 0.3) is 21.1 Å². The van der Waals surface area contributed by atoms with E-state index in [0.717, 1.165) is 21.3 Å². The number of methoxy groups -OCH3 is 1. The van der Waals surface area contributed by atoms with Gasteiger partial charge in [0.05, 0.1) is 75.7 Å². The summed E-state index contributed by atoms with van der Waals surface area (Å²) in [4.78, 5) is 33.3. The number of carbonyl (C=O) groups excluding carboxylic acids is 1. The van der Waals surface area contributed by atoms with Gasteiger partial charge in [0.2, 0.25) is 5.91 Å². The highest BCUT2D eigenvalue weighted by Gasteiger charge is 2.16. The van der Waals surface area contributed by atoms with Gasteiger partial charge in [-0.2, -0.15) is 0 Å². The fraction of sp³-hybridized carbons (Fsp3) is 0.462. The van der Waals surface area contributed by atoms with Crippen molar-refractivity contribution >= 4 is 34.6 Å². The molecule has 0 aliphatic rings. The number of rotatable bonds is 19. The first kappa shape index (κ1) is 31.5. The molecule has 3 aromatic rings. The highest BCUT2D eigenvalue weighted by molar-refractivity contribution is 7.16. The van der Waals surface area contributed by atoms with Crippen molar-refractivity contribution in [1.29, 1.82) is 0 Å². The Morgan fingerprint density at radius 2 is 1.60 bits per heavy atom. The quantitative estimate of drug-likeness (QED) is 0.175. The van der Waals surface area contributed by atoms with Gasteiger partial charge in [0.1, 0.15) is 27.9 Å². The van der Waals surface area contributed by atoms with Crippen molar-refractivity contribution in [3.05, 3.63) is 39.8 Å². The van der Waals surface area contributed by atoms with E-state index in [-0.39, 0.29) is 37.0 Å². The summed E-state index contributed by atoms with van der Waals surface area (Å²) >= 11 is 2.80. The zero-order chi connectivity index (χ0) is 28.7. The number of thiazole rings is 2. The summed E-state index contributed by atoms with van der Waals surface area (Å²) < 4.78 is 26.3. The van der Waals surface area contributed by atoms with Crippen LogP contribution in [0.1, 0.15) is 21.1 Å². The molecular weight excluding hydrogens is 562 g/mol. The summed E-state index contributed by atoms with van der Waals surface area (Å²) in [6, 6.07) is 4.35. The van der Waals surface area contributed by atoms with Gasteiger partial charge in [-0.3, -0.25) is 4.79 Å². The third kappa shape index (κ3) is 10.2. The minimum Gasteiger partial charge on any atom is -0.507 e. The van der Waals surface area contributed by atoms with Crippen LogP contribution >= 0.6 is 22.7 Å². The normalized spacial score (nSPS) is 11.2. The summed E-state index contributed by atoms with van der Waals surface area (Å²) in [6.45, 7) is 5.68. The number of carboxylic acid groups (broad SMARTS) is 1. The van der Waals surface area contributed by atoms with Gasteiger partial charge in [-0.15, -0.1) is 22.7 Å². The van der Waals surface area contributed by atoms with Gasteiger partial charge in [0, 0.05) is 18.1 Å². The third-order valence-corrected chi connectivity index (χ3v) is 7.34. The predicted molar refractivity (Wildman–Crippen MR) is 149 cm³/mol. The summed E-state index contributed by atoms with van der Waals surface area (Å²) in [5.41, 5.74) is 1.96. The number of phenols is 1. The molecule has 218 valence electrons. The lowest BCUT2D eigenvalue weighted by Crippen LogP contribution is -2.27. The van der Waals surface area contributed by atoms with E-state index in [1.54, 1.807) is 13.2 Å². The van der Waals surface area contributed by atoms with Crippen LogP contribution in [0.4, 0.5) is 0 Å². The molecule has 0 spiro atoms. The average molecular weight is 596 g/mol. The number of nitrogens with one attached hydrogen (secondary N) is 1. The van der Waals surface area contributed by atoms with E-state index in [2.05, 4.69) is 15.3 Å². The van der Waals surface area contributed by atoms with Gasteiger partial charge < -0.3 is 39.2 Å². The van der Waals surface area contributed by atoms with Gasteiger partial charge in [0.25, 0.3) is 0 Å². The molecule has 40 heavy (non-hydrogen) atoms. The number of benzene rings is 1. The topological polar surface area (TPSA) is 159 Å². The van der Waals surface area contributed by atoms with E-state index in [1.165, 1.54) is 34.8 Å². The van der Waals surface area contributed by atoms with Crippen LogP contribution < -0.4 is 5.32 Å². The van der Waals surface area contributed by atoms with E-state index in [0.29, 0.717) is 56.8 Å². The molecular formula is C26H33N3O9S2. The first-order valence-corrected chi connectivity index (χ1v) is 14.1. The molecule has 0 saturated heterocycles. The number of ether oxygens (including phenoxy) is 5. The van der Waals surface area contributed by atoms with Gasteiger partial charge >= 0.3 is 5.97 Å². The van der Waals surface area contributed by atoms with Gasteiger partial charge in [-0.05, 0) is 19.1 Å². The highest BCUT2D eigenvalue weighted by atomic mass is 32.1. The molecule has 0 bridgehead atoms. The summed E-state index contributed by atoms with van der Waals surface area (Å²) in [6.07, 6.45) is 0. The lowest BCUT2D eigenvalue weighted by Gasteiger charge is -2.07. The molecule has 3 N–H and O–H groups in total. The second-order valence-corrected chi connectivity index (χ2v) is 10.2. The van der Waals surface area contributed by atoms with Crippen molar-refractivity contribution in [2.45, 2.75) is 13.5 Å². The van der Waals surface area contributed by atoms with Crippen LogP contribution in [-0.2, 0) is 35.0 Å². The molecule has 0 fully saturated rings. The molecule has 12 nitrogen and oxygen atoms in total. The summed E-state index contributed by atoms with van der Waals surface area (Å²) in [5, 5.41) is 25.1. The van der Waals surface area contributed by atoms with Crippen molar-refractivity contribution in [2.75, 3.05) is 66.6 Å². The molecule has 14 heteroatoms. The molecule has 2 heterocycles. The van der Waals surface area contributed by atoms with Crippen LogP contribution in [0.15, 0.2) is 23.6 Å². The number of carboxylic acids is 1. The maximum absolute atomic E-state index is 12.1. The zero-order valence-corrected chi connectivity index (χ0v) is 24.0. The Morgan fingerprint density at radius 3 is 2.23 bits per heavy atom. The molecule has 0 unspecified atom stereocenters. The molecule has 3 rings (SSSR count). The van der Waals surface area contributed by atoms with Crippen LogP contribution in [0.5, 0.6) is 5.75 Å². The number of hydrogen-bond donors (Lipinski definition) is 3. The highest BCUT2D eigenvalue weighted by Crippen LogP contribution is 2.35. The van der Waals surface area contributed by atoms with Crippen LogP contribution in [-0.4, -0.2) is 98.6 Å². The minimum absolute atomic E-state index is 0.0845. The molecule has 1 amide bonds. The molecule has 0 radical (unpaired) electrons. The fourth-order valence-corrected chi connectivity index (χ4v) is 5.16. The molecule has 2 aromatic heterocycles. The third-order valence-electron chi connectivity index (χ3n) is 5.27. The molecule has 0 aliphatic heterocycles. The maximum Gasteiger partial charge on any atom is 0.339 e. The Hall–Kier alpha value is -2.98. The predicted octanol–water partition coefficient (Wildman–Crippen LogP) is 2.97. The lowest BCUT2D eigenvalue weighted by atomic mass is 10.1. The van der Waals surface area contributed by atoms with Crippen LogP contribution in [0, 0.1) is 6.92 Å². The lowest BCUT2D eigenvalue weighted by molar-refractivity contribution is -0.126. The minimum atomic E-state index is -1.20. The van der Waals surface area contributed by atoms with Gasteiger partial charge in [-0.1, -0.05) is 6.07 Å². The summed E-state index contributed by atoms with van der Waals surface area (Å²) in [7, 11) is 1.62. The van der Waals surface area contributed by atoms with E-state index in [4.69, 9.17) is 28.8 Å². The van der Waals surface area contributed by atoms with Gasteiger partial charge in [0.15, 0.2) is 0 Å². The number of aromatic nitrogens is 2. The van der Waals surface area contributed by atoms with Crippen molar-refractivity contribution in [1.82, 2.24) is 15.3 Å². The largest absolute Gasteiger partial charge is 0.507 e. The number of amides is 1. The number of carbonyl (C=O) groups is 2. The van der Waals surface area contributed by atoms with Crippen LogP contribution in [0.3, 0.4) is 0 Å². The Balaban J connectivity index is 1.33. The smallest absolute Gasteiger partial charge is 0.339 e. The summed E-state index contributed by atoms with van der Waals surface area (Å²) in [5.74, 6) is -1.77. The maximum atomic E-state index is 12.1. The molecule has 0 saturated carbocycles. The van der Waals surface area contributed by atoms with E-state index in [9.17, 15) is 14.7 Å². The molecule has 0 atom stereocenters. The Bertz CT molecular complexity index is 1230. The Kier molecular flexibility index (Phi) is 13.4. The number of hydrogen-bond acceptors (Lipinski definition) is 12. The first-order chi connectivity index (χ1) is 19.4. The Labute approximate surface area is 239 Å². The van der Waals surface area contributed by atoms with Crippen molar-refractivity contribution < 1.29 is 43.5 Å². The molecule has 1 aromatic carbocycles. The number of aryl methyl sites for hydroxylation is 1. The first-order valence-electron chi connectivity index (χ1n) is 12.4. The Morgan fingerprint density at radius 1 is 0.950 bits per heavy atom. The number of aromatic hydroxyl groups is 1.